The summed E-state index contributed by atoms with van der Waals surface area (Å²) in [4.78, 5) is 11.9. The van der Waals surface area contributed by atoms with Gasteiger partial charge in [-0.15, -0.1) is 24.2 Å². The highest BCUT2D eigenvalue weighted by Gasteiger charge is 2.22. The SMILES string of the molecule is CC1CCNCC1NC(=O)CSCc1cccc(Cl)c1.Cl. The first-order valence-electron chi connectivity index (χ1n) is 6.97. The molecule has 2 rings (SSSR count). The Morgan fingerprint density at radius 2 is 2.33 bits per heavy atom. The molecule has 1 aliphatic rings. The van der Waals surface area contributed by atoms with Gasteiger partial charge in [-0.1, -0.05) is 30.7 Å². The third-order valence-corrected chi connectivity index (χ3v) is 4.80. The predicted molar refractivity (Wildman–Crippen MR) is 93.4 cm³/mol. The van der Waals surface area contributed by atoms with E-state index in [1.54, 1.807) is 11.8 Å². The molecule has 2 atom stereocenters. The van der Waals surface area contributed by atoms with Crippen LogP contribution in [0.3, 0.4) is 0 Å². The van der Waals surface area contributed by atoms with Crippen molar-refractivity contribution >= 4 is 41.7 Å². The Morgan fingerprint density at radius 3 is 3.05 bits per heavy atom. The number of thioether (sulfide) groups is 1. The zero-order valence-electron chi connectivity index (χ0n) is 12.1. The van der Waals surface area contributed by atoms with Crippen LogP contribution in [0.1, 0.15) is 18.9 Å². The summed E-state index contributed by atoms with van der Waals surface area (Å²) < 4.78 is 0. The average molecular weight is 349 g/mol. The monoisotopic (exact) mass is 348 g/mol. The van der Waals surface area contributed by atoms with Gasteiger partial charge in [0, 0.05) is 23.4 Å². The molecule has 0 aromatic heterocycles. The quantitative estimate of drug-likeness (QED) is 0.858. The van der Waals surface area contributed by atoms with Gasteiger partial charge in [0.15, 0.2) is 0 Å². The van der Waals surface area contributed by atoms with Gasteiger partial charge < -0.3 is 10.6 Å². The maximum Gasteiger partial charge on any atom is 0.230 e. The van der Waals surface area contributed by atoms with Crippen LogP contribution in [0, 0.1) is 5.92 Å². The second-order valence-corrected chi connectivity index (χ2v) is 6.69. The standard InChI is InChI=1S/C15H21ClN2OS.ClH/c1-11-5-6-17-8-14(11)18-15(19)10-20-9-12-3-2-4-13(16)7-12;/h2-4,7,11,14,17H,5-6,8-10H2,1H3,(H,18,19);1H. The average Bonchev–Trinajstić information content (AvgIpc) is 2.41. The van der Waals surface area contributed by atoms with Crippen LogP contribution in [0.4, 0.5) is 0 Å². The molecule has 1 fully saturated rings. The largest absolute Gasteiger partial charge is 0.351 e. The molecule has 6 heteroatoms. The van der Waals surface area contributed by atoms with Crippen LogP contribution >= 0.6 is 35.8 Å². The van der Waals surface area contributed by atoms with E-state index < -0.39 is 0 Å². The molecule has 0 saturated carbocycles. The van der Waals surface area contributed by atoms with Crippen molar-refractivity contribution in [1.82, 2.24) is 10.6 Å². The zero-order valence-corrected chi connectivity index (χ0v) is 14.5. The molecule has 1 aliphatic heterocycles. The Balaban J connectivity index is 0.00000220. The summed E-state index contributed by atoms with van der Waals surface area (Å²) in [7, 11) is 0. The van der Waals surface area contributed by atoms with Gasteiger partial charge in [-0.25, -0.2) is 0 Å². The zero-order chi connectivity index (χ0) is 14.4. The van der Waals surface area contributed by atoms with Gasteiger partial charge >= 0.3 is 0 Å². The van der Waals surface area contributed by atoms with Crippen LogP contribution in [-0.2, 0) is 10.5 Å². The minimum absolute atomic E-state index is 0. The summed E-state index contributed by atoms with van der Waals surface area (Å²) in [5.74, 6) is 1.98. The highest BCUT2D eigenvalue weighted by atomic mass is 35.5. The number of benzene rings is 1. The molecular weight excluding hydrogens is 327 g/mol. The van der Waals surface area contributed by atoms with Crippen molar-refractivity contribution in [1.29, 1.82) is 0 Å². The number of piperidine rings is 1. The fourth-order valence-electron chi connectivity index (χ4n) is 2.32. The van der Waals surface area contributed by atoms with Gasteiger partial charge in [-0.3, -0.25) is 4.79 Å². The Kier molecular flexibility index (Phi) is 8.49. The molecule has 1 heterocycles. The Labute approximate surface area is 142 Å². The Morgan fingerprint density at radius 1 is 1.52 bits per heavy atom. The summed E-state index contributed by atoms with van der Waals surface area (Å²) in [6.07, 6.45) is 1.13. The van der Waals surface area contributed by atoms with Gasteiger partial charge in [0.25, 0.3) is 0 Å². The highest BCUT2D eigenvalue weighted by Crippen LogP contribution is 2.17. The summed E-state index contributed by atoms with van der Waals surface area (Å²) in [6, 6.07) is 8.04. The number of carbonyl (C=O) groups excluding carboxylic acids is 1. The van der Waals surface area contributed by atoms with Crippen LogP contribution in [0.2, 0.25) is 5.02 Å². The molecule has 0 radical (unpaired) electrons. The van der Waals surface area contributed by atoms with Gasteiger partial charge in [0.05, 0.1) is 5.75 Å². The predicted octanol–water partition coefficient (Wildman–Crippen LogP) is 3.11. The maximum absolute atomic E-state index is 11.9. The van der Waals surface area contributed by atoms with Crippen molar-refractivity contribution in [2.24, 2.45) is 5.92 Å². The normalized spacial score (nSPS) is 21.4. The molecule has 21 heavy (non-hydrogen) atoms. The second-order valence-electron chi connectivity index (χ2n) is 5.27. The summed E-state index contributed by atoms with van der Waals surface area (Å²) >= 11 is 7.56. The molecule has 0 spiro atoms. The smallest absolute Gasteiger partial charge is 0.230 e. The lowest BCUT2D eigenvalue weighted by Gasteiger charge is -2.30. The van der Waals surface area contributed by atoms with Crippen LogP contribution in [0.15, 0.2) is 24.3 Å². The third kappa shape index (κ3) is 6.47. The molecule has 2 unspecified atom stereocenters. The molecule has 0 bridgehead atoms. The number of halogens is 2. The van der Waals surface area contributed by atoms with E-state index in [1.165, 1.54) is 0 Å². The molecule has 1 amide bonds. The molecular formula is C15H22Cl2N2OS. The fourth-order valence-corrected chi connectivity index (χ4v) is 3.32. The van der Waals surface area contributed by atoms with Gasteiger partial charge in [-0.2, -0.15) is 0 Å². The maximum atomic E-state index is 11.9. The number of amides is 1. The van der Waals surface area contributed by atoms with E-state index in [0.717, 1.165) is 35.8 Å². The van der Waals surface area contributed by atoms with E-state index in [0.29, 0.717) is 11.7 Å². The molecule has 1 aromatic carbocycles. The van der Waals surface area contributed by atoms with Crippen molar-refractivity contribution in [2.75, 3.05) is 18.8 Å². The lowest BCUT2D eigenvalue weighted by Crippen LogP contribution is -2.50. The third-order valence-electron chi connectivity index (χ3n) is 3.56. The molecule has 2 N–H and O–H groups in total. The van der Waals surface area contributed by atoms with Crippen molar-refractivity contribution in [3.8, 4) is 0 Å². The molecule has 1 aromatic rings. The van der Waals surface area contributed by atoms with E-state index in [1.807, 2.05) is 24.3 Å². The summed E-state index contributed by atoms with van der Waals surface area (Å²) in [5.41, 5.74) is 1.16. The molecule has 1 saturated heterocycles. The minimum Gasteiger partial charge on any atom is -0.351 e. The number of hydrogen-bond acceptors (Lipinski definition) is 3. The van der Waals surface area contributed by atoms with Gasteiger partial charge in [-0.05, 0) is 36.6 Å². The number of rotatable bonds is 5. The van der Waals surface area contributed by atoms with Crippen LogP contribution < -0.4 is 10.6 Å². The van der Waals surface area contributed by atoms with E-state index in [2.05, 4.69) is 17.6 Å². The highest BCUT2D eigenvalue weighted by molar-refractivity contribution is 7.99. The van der Waals surface area contributed by atoms with Crippen molar-refractivity contribution < 1.29 is 4.79 Å². The summed E-state index contributed by atoms with van der Waals surface area (Å²) in [6.45, 7) is 4.13. The van der Waals surface area contributed by atoms with Gasteiger partial charge in [0.1, 0.15) is 0 Å². The topological polar surface area (TPSA) is 41.1 Å². The number of carbonyl (C=O) groups is 1. The lowest BCUT2D eigenvalue weighted by atomic mass is 9.95. The Bertz CT molecular complexity index is 459. The lowest BCUT2D eigenvalue weighted by molar-refractivity contribution is -0.119. The second kappa shape index (κ2) is 9.57. The van der Waals surface area contributed by atoms with Crippen LogP contribution in [0.5, 0.6) is 0 Å². The Hall–Kier alpha value is -0.420. The van der Waals surface area contributed by atoms with Crippen molar-refractivity contribution in [3.05, 3.63) is 34.9 Å². The number of hydrogen-bond donors (Lipinski definition) is 2. The van der Waals surface area contributed by atoms with Gasteiger partial charge in [0.2, 0.25) is 5.91 Å². The minimum atomic E-state index is 0. The van der Waals surface area contributed by atoms with Crippen molar-refractivity contribution in [2.45, 2.75) is 25.1 Å². The van der Waals surface area contributed by atoms with E-state index in [-0.39, 0.29) is 24.4 Å². The molecule has 0 aliphatic carbocycles. The first kappa shape index (κ1) is 18.6. The first-order valence-corrected chi connectivity index (χ1v) is 8.50. The summed E-state index contributed by atoms with van der Waals surface area (Å²) in [5, 5.41) is 7.19. The molecule has 3 nitrogen and oxygen atoms in total. The first-order chi connectivity index (χ1) is 9.65. The van der Waals surface area contributed by atoms with Crippen molar-refractivity contribution in [3.63, 3.8) is 0 Å². The van der Waals surface area contributed by atoms with E-state index in [4.69, 9.17) is 11.6 Å². The van der Waals surface area contributed by atoms with E-state index >= 15 is 0 Å². The van der Waals surface area contributed by atoms with Crippen LogP contribution in [0.25, 0.3) is 0 Å². The van der Waals surface area contributed by atoms with Crippen LogP contribution in [-0.4, -0.2) is 30.8 Å². The number of nitrogens with one attached hydrogen (secondary N) is 2. The molecule has 118 valence electrons. The van der Waals surface area contributed by atoms with E-state index in [9.17, 15) is 4.79 Å². The fraction of sp³-hybridized carbons (Fsp3) is 0.533.